The van der Waals surface area contributed by atoms with Gasteiger partial charge >= 0.3 is 0 Å². The van der Waals surface area contributed by atoms with Crippen molar-refractivity contribution in [2.75, 3.05) is 0 Å². The Labute approximate surface area is 269 Å². The fraction of sp³-hybridized carbons (Fsp3) is 0.195. The number of aromatic nitrogens is 1. The third kappa shape index (κ3) is 4.91. The van der Waals surface area contributed by atoms with E-state index in [9.17, 15) is 0 Å². The van der Waals surface area contributed by atoms with E-state index in [0.29, 0.717) is 22.4 Å². The molecule has 0 atom stereocenters. The normalized spacial score (nSPS) is 17.0. The van der Waals surface area contributed by atoms with Crippen LogP contribution in [0, 0.1) is 26.0 Å². The quantitative estimate of drug-likeness (QED) is 0.210. The molecule has 2 nitrogen and oxygen atoms in total. The lowest BCUT2D eigenvalue weighted by Crippen LogP contribution is -2.09. The molecule has 2 heteroatoms. The van der Waals surface area contributed by atoms with Gasteiger partial charge < -0.3 is 4.42 Å². The Hall–Kier alpha value is -4.69. The molecule has 0 saturated heterocycles. The summed E-state index contributed by atoms with van der Waals surface area (Å²) in [6, 6.07) is 27.9. The summed E-state index contributed by atoms with van der Waals surface area (Å²) in [6.07, 6.45) is -0.620. The van der Waals surface area contributed by atoms with Gasteiger partial charge in [-0.25, -0.2) is 0 Å². The highest BCUT2D eigenvalue weighted by Crippen LogP contribution is 2.40. The molecule has 5 aromatic carbocycles. The average Bonchev–Trinajstić information content (AvgIpc) is 3.49. The summed E-state index contributed by atoms with van der Waals surface area (Å²) >= 11 is 0. The second-order valence-corrected chi connectivity index (χ2v) is 12.0. The lowest BCUT2D eigenvalue weighted by molar-refractivity contribution is 0.411. The third-order valence-electron chi connectivity index (χ3n) is 7.73. The van der Waals surface area contributed by atoms with Crippen molar-refractivity contribution in [2.45, 2.75) is 47.7 Å². The van der Waals surface area contributed by atoms with Gasteiger partial charge in [-0.15, -0.1) is 0 Å². The molecule has 2 heterocycles. The lowest BCUT2D eigenvalue weighted by Gasteiger charge is -2.19. The molecule has 212 valence electrons. The molecule has 0 spiro atoms. The number of furan rings is 1. The first kappa shape index (κ1) is 17.4. The van der Waals surface area contributed by atoms with Gasteiger partial charge in [-0.1, -0.05) is 99.6 Å². The van der Waals surface area contributed by atoms with Gasteiger partial charge in [0.2, 0.25) is 0 Å². The SMILES string of the molecule is [2H]C([2H])([2H])c1cc(C([2H])([2H])C(C)(C)C)ccc1-c1ccc(-c2cc(-c3cccc4c3oc3c5ccccc5ccc43)ncc2C([2H])([2H])[2H])c(C([2H])([2H])[2H])c1. The van der Waals surface area contributed by atoms with Crippen molar-refractivity contribution >= 4 is 32.7 Å². The highest BCUT2D eigenvalue weighted by atomic mass is 16.3. The van der Waals surface area contributed by atoms with E-state index >= 15 is 0 Å². The van der Waals surface area contributed by atoms with E-state index in [0.717, 1.165) is 21.5 Å². The summed E-state index contributed by atoms with van der Waals surface area (Å²) in [7, 11) is 0. The smallest absolute Gasteiger partial charge is 0.144 e. The van der Waals surface area contributed by atoms with Crippen molar-refractivity contribution in [1.82, 2.24) is 4.98 Å². The maximum absolute atomic E-state index is 8.74. The topological polar surface area (TPSA) is 26.0 Å². The van der Waals surface area contributed by atoms with E-state index in [1.807, 2.05) is 54.6 Å². The van der Waals surface area contributed by atoms with Crippen LogP contribution in [-0.4, -0.2) is 4.98 Å². The van der Waals surface area contributed by atoms with Crippen LogP contribution in [0.3, 0.4) is 0 Å². The molecule has 0 aliphatic carbocycles. The summed E-state index contributed by atoms with van der Waals surface area (Å²) in [4.78, 5) is 4.57. The molecule has 0 saturated carbocycles. The predicted octanol–water partition coefficient (Wildman–Crippen LogP) is 11.6. The van der Waals surface area contributed by atoms with Crippen LogP contribution in [0.2, 0.25) is 0 Å². The molecule has 0 radical (unpaired) electrons. The minimum absolute atomic E-state index is 0.126. The second kappa shape index (κ2) is 10.2. The van der Waals surface area contributed by atoms with E-state index in [2.05, 4.69) is 4.98 Å². The summed E-state index contributed by atoms with van der Waals surface area (Å²) in [5.74, 6) is 0. The molecule has 2 aromatic heterocycles. The van der Waals surface area contributed by atoms with E-state index in [4.69, 9.17) is 19.5 Å². The first-order chi connectivity index (χ1) is 25.1. The Morgan fingerprint density at radius 1 is 0.651 bits per heavy atom. The molecule has 0 bridgehead atoms. The highest BCUT2D eigenvalue weighted by Gasteiger charge is 2.17. The van der Waals surface area contributed by atoms with Crippen LogP contribution in [0.4, 0.5) is 0 Å². The number of benzene rings is 5. The zero-order valence-electron chi connectivity index (χ0n) is 35.2. The van der Waals surface area contributed by atoms with E-state index in [1.165, 1.54) is 36.5 Å². The maximum atomic E-state index is 8.74. The van der Waals surface area contributed by atoms with Gasteiger partial charge in [-0.05, 0) is 100 Å². The first-order valence-electron chi connectivity index (χ1n) is 19.7. The van der Waals surface area contributed by atoms with Crippen LogP contribution in [0.1, 0.15) is 58.1 Å². The maximum Gasteiger partial charge on any atom is 0.144 e. The van der Waals surface area contributed by atoms with Gasteiger partial charge in [-0.2, -0.15) is 0 Å². The fourth-order valence-corrected chi connectivity index (χ4v) is 5.81. The molecular formula is C41H37NO. The minimum atomic E-state index is -2.75. The Bertz CT molecular complexity index is 2590. The number of hydrogen-bond donors (Lipinski definition) is 0. The molecule has 43 heavy (non-hydrogen) atoms. The standard InChI is InChI=1S/C41H37NO/c1-25-20-28(23-41(4,5)6)14-17-31(25)30-16-18-32(26(2)21-30)37-22-38(42-24-27(37)3)36-13-9-12-34-35-19-15-29-10-7-8-11-33(29)39(35)43-40(34)36/h7-22,24H,23H2,1-6H3/i1D3,2D3,3D3,23D2. The van der Waals surface area contributed by atoms with Crippen LogP contribution in [-0.2, 0) is 6.37 Å². The zero-order valence-corrected chi connectivity index (χ0v) is 24.2. The van der Waals surface area contributed by atoms with Crippen LogP contribution in [0.25, 0.3) is 66.2 Å². The third-order valence-corrected chi connectivity index (χ3v) is 7.73. The molecule has 0 N–H and O–H groups in total. The van der Waals surface area contributed by atoms with Gasteiger partial charge in [0.1, 0.15) is 11.2 Å². The van der Waals surface area contributed by atoms with Gasteiger partial charge in [0, 0.05) is 43.0 Å². The van der Waals surface area contributed by atoms with Crippen molar-refractivity contribution in [2.24, 2.45) is 5.41 Å². The van der Waals surface area contributed by atoms with Crippen LogP contribution in [0.15, 0.2) is 108 Å². The number of pyridine rings is 1. The van der Waals surface area contributed by atoms with E-state index < -0.39 is 32.3 Å². The molecule has 0 aliphatic rings. The van der Waals surface area contributed by atoms with Gasteiger partial charge in [0.25, 0.3) is 0 Å². The van der Waals surface area contributed by atoms with Crippen molar-refractivity contribution in [3.8, 4) is 33.5 Å². The van der Waals surface area contributed by atoms with Gasteiger partial charge in [0.15, 0.2) is 0 Å². The first-order valence-corrected chi connectivity index (χ1v) is 14.2. The molecular weight excluding hydrogens is 522 g/mol. The van der Waals surface area contributed by atoms with E-state index in [-0.39, 0.29) is 44.5 Å². The van der Waals surface area contributed by atoms with Crippen molar-refractivity contribution < 1.29 is 19.5 Å². The number of rotatable bonds is 4. The molecule has 0 amide bonds. The number of para-hydroxylation sites is 1. The Morgan fingerprint density at radius 3 is 2.26 bits per heavy atom. The van der Waals surface area contributed by atoms with Crippen LogP contribution < -0.4 is 0 Å². The number of aryl methyl sites for hydroxylation is 3. The fourth-order valence-electron chi connectivity index (χ4n) is 5.81. The molecule has 0 aliphatic heterocycles. The van der Waals surface area contributed by atoms with Crippen LogP contribution in [0.5, 0.6) is 0 Å². The predicted molar refractivity (Wildman–Crippen MR) is 183 cm³/mol. The molecule has 7 aromatic rings. The summed E-state index contributed by atoms with van der Waals surface area (Å²) < 4.78 is 99.8. The Kier molecular flexibility index (Phi) is 4.15. The largest absolute Gasteiger partial charge is 0.455 e. The summed E-state index contributed by atoms with van der Waals surface area (Å²) in [5, 5.41) is 3.71. The minimum Gasteiger partial charge on any atom is -0.455 e. The number of fused-ring (bicyclic) bond motifs is 5. The Morgan fingerprint density at radius 2 is 1.42 bits per heavy atom. The average molecular weight is 571 g/mol. The van der Waals surface area contributed by atoms with Gasteiger partial charge in [-0.3, -0.25) is 4.98 Å². The van der Waals surface area contributed by atoms with Crippen molar-refractivity contribution in [3.63, 3.8) is 0 Å². The number of hydrogen-bond acceptors (Lipinski definition) is 2. The summed E-state index contributed by atoms with van der Waals surface area (Å²) in [5.41, 5.74) is 1.89. The van der Waals surface area contributed by atoms with Crippen molar-refractivity contribution in [1.29, 1.82) is 0 Å². The summed E-state index contributed by atoms with van der Waals surface area (Å²) in [6.45, 7) is -2.87. The Balaban J connectivity index is 1.44. The van der Waals surface area contributed by atoms with Crippen molar-refractivity contribution in [3.05, 3.63) is 126 Å². The monoisotopic (exact) mass is 570 g/mol. The second-order valence-electron chi connectivity index (χ2n) is 12.0. The highest BCUT2D eigenvalue weighted by molar-refractivity contribution is 6.17. The molecule has 0 fully saturated rings. The lowest BCUT2D eigenvalue weighted by atomic mass is 9.86. The number of nitrogens with zero attached hydrogens (tertiary/aromatic N) is 1. The molecule has 0 unspecified atom stereocenters. The van der Waals surface area contributed by atoms with Crippen LogP contribution >= 0.6 is 0 Å². The molecule has 7 rings (SSSR count). The van der Waals surface area contributed by atoms with Gasteiger partial charge in [0.05, 0.1) is 5.69 Å². The van der Waals surface area contributed by atoms with E-state index in [1.54, 1.807) is 32.9 Å². The zero-order chi connectivity index (χ0) is 39.2.